The molecule has 1 heterocycles. The third-order valence-corrected chi connectivity index (χ3v) is 4.66. The summed E-state index contributed by atoms with van der Waals surface area (Å²) in [6.45, 7) is 0. The van der Waals surface area contributed by atoms with E-state index in [1.54, 1.807) is 18.3 Å². The smallest absolute Gasteiger partial charge is 0.210 e. The maximum Gasteiger partial charge on any atom is 0.210 e. The van der Waals surface area contributed by atoms with Gasteiger partial charge in [-0.05, 0) is 40.2 Å². The monoisotopic (exact) mass is 410 g/mol. The molecule has 1 aromatic heterocycles. The van der Waals surface area contributed by atoms with E-state index in [4.69, 9.17) is 0 Å². The fourth-order valence-electron chi connectivity index (χ4n) is 1.72. The first kappa shape index (κ1) is 13.7. The highest BCUT2D eigenvalue weighted by atomic mass is 79.9. The third kappa shape index (κ3) is 2.77. The van der Waals surface area contributed by atoms with Crippen LogP contribution >= 0.6 is 43.2 Å². The van der Waals surface area contributed by atoms with Crippen LogP contribution in [0.25, 0.3) is 10.2 Å². The first-order valence-electron chi connectivity index (χ1n) is 5.71. The number of fused-ring (bicyclic) bond motifs is 1. The number of benzene rings is 2. The van der Waals surface area contributed by atoms with Gasteiger partial charge in [0.2, 0.25) is 5.13 Å². The molecule has 100 valence electrons. The van der Waals surface area contributed by atoms with Gasteiger partial charge in [-0.25, -0.2) is 9.98 Å². The summed E-state index contributed by atoms with van der Waals surface area (Å²) in [5, 5.41) is 10.6. The second-order valence-electron chi connectivity index (χ2n) is 4.05. The molecule has 20 heavy (non-hydrogen) atoms. The van der Waals surface area contributed by atoms with E-state index in [2.05, 4.69) is 41.8 Å². The second-order valence-corrected chi connectivity index (χ2v) is 6.83. The number of aromatic hydroxyl groups is 1. The van der Waals surface area contributed by atoms with E-state index in [1.807, 2.05) is 24.3 Å². The standard InChI is InChI=1S/C14H8Br2N2OS/c15-9-5-8(13(19)10(16)6-9)7-17-14-18-11-3-1-2-4-12(11)20-14/h1-7,19H/b17-7+. The van der Waals surface area contributed by atoms with Crippen molar-refractivity contribution in [3.8, 4) is 5.75 Å². The van der Waals surface area contributed by atoms with Crippen molar-refractivity contribution < 1.29 is 5.11 Å². The Kier molecular flexibility index (Phi) is 3.87. The molecule has 0 saturated carbocycles. The van der Waals surface area contributed by atoms with Gasteiger partial charge in [-0.1, -0.05) is 39.4 Å². The second kappa shape index (κ2) is 5.63. The summed E-state index contributed by atoms with van der Waals surface area (Å²) >= 11 is 8.20. The van der Waals surface area contributed by atoms with Crippen LogP contribution in [0.2, 0.25) is 0 Å². The molecule has 0 spiro atoms. The predicted molar refractivity (Wildman–Crippen MR) is 90.4 cm³/mol. The fourth-order valence-corrected chi connectivity index (χ4v) is 3.79. The summed E-state index contributed by atoms with van der Waals surface area (Å²) in [5.41, 5.74) is 1.56. The van der Waals surface area contributed by atoms with E-state index in [0.29, 0.717) is 15.2 Å². The van der Waals surface area contributed by atoms with Gasteiger partial charge in [0.1, 0.15) is 5.75 Å². The molecule has 3 aromatic rings. The molecule has 0 saturated heterocycles. The van der Waals surface area contributed by atoms with Crippen LogP contribution in [0.15, 0.2) is 50.3 Å². The van der Waals surface area contributed by atoms with Crippen LogP contribution in [-0.2, 0) is 0 Å². The van der Waals surface area contributed by atoms with Crippen LogP contribution in [0.3, 0.4) is 0 Å². The van der Waals surface area contributed by atoms with Crippen LogP contribution in [-0.4, -0.2) is 16.3 Å². The zero-order valence-corrected chi connectivity index (χ0v) is 14.0. The molecule has 1 N–H and O–H groups in total. The molecular weight excluding hydrogens is 404 g/mol. The summed E-state index contributed by atoms with van der Waals surface area (Å²) in [7, 11) is 0. The lowest BCUT2D eigenvalue weighted by Crippen LogP contribution is -1.84. The van der Waals surface area contributed by atoms with Gasteiger partial charge in [-0.3, -0.25) is 0 Å². The average molecular weight is 412 g/mol. The SMILES string of the molecule is Oc1c(Br)cc(Br)cc1/C=N/c1nc2ccccc2s1. The highest BCUT2D eigenvalue weighted by molar-refractivity contribution is 9.11. The average Bonchev–Trinajstić information content (AvgIpc) is 2.84. The molecule has 2 aromatic carbocycles. The zero-order valence-electron chi connectivity index (χ0n) is 10.0. The van der Waals surface area contributed by atoms with Crippen LogP contribution in [0.1, 0.15) is 5.56 Å². The first-order chi connectivity index (χ1) is 9.63. The minimum absolute atomic E-state index is 0.165. The Hall–Kier alpha value is -1.24. The van der Waals surface area contributed by atoms with Crippen LogP contribution < -0.4 is 0 Å². The van der Waals surface area contributed by atoms with E-state index >= 15 is 0 Å². The summed E-state index contributed by atoms with van der Waals surface area (Å²) in [4.78, 5) is 8.76. The van der Waals surface area contributed by atoms with Crippen LogP contribution in [0.5, 0.6) is 5.75 Å². The Balaban J connectivity index is 1.98. The molecule has 0 amide bonds. The van der Waals surface area contributed by atoms with Gasteiger partial charge in [0.15, 0.2) is 0 Å². The molecule has 0 aliphatic heterocycles. The Morgan fingerprint density at radius 3 is 2.80 bits per heavy atom. The molecule has 0 fully saturated rings. The van der Waals surface area contributed by atoms with Crippen molar-refractivity contribution in [1.29, 1.82) is 0 Å². The van der Waals surface area contributed by atoms with Crippen molar-refractivity contribution in [2.24, 2.45) is 4.99 Å². The summed E-state index contributed by atoms with van der Waals surface area (Å²) in [6, 6.07) is 11.5. The molecular formula is C14H8Br2N2OS. The van der Waals surface area contributed by atoms with Gasteiger partial charge in [0.05, 0.1) is 14.7 Å². The number of halogens is 2. The molecule has 0 atom stereocenters. The van der Waals surface area contributed by atoms with E-state index in [-0.39, 0.29) is 5.75 Å². The Morgan fingerprint density at radius 2 is 2.00 bits per heavy atom. The van der Waals surface area contributed by atoms with Gasteiger partial charge in [0.25, 0.3) is 0 Å². The number of thiazole rings is 1. The largest absolute Gasteiger partial charge is 0.506 e. The Labute approximate surface area is 136 Å². The highest BCUT2D eigenvalue weighted by Crippen LogP contribution is 2.32. The molecule has 0 aliphatic carbocycles. The number of hydrogen-bond donors (Lipinski definition) is 1. The van der Waals surface area contributed by atoms with E-state index in [9.17, 15) is 5.11 Å². The van der Waals surface area contributed by atoms with Crippen molar-refractivity contribution >= 4 is 64.8 Å². The number of phenolic OH excluding ortho intramolecular Hbond substituents is 1. The molecule has 0 unspecified atom stereocenters. The van der Waals surface area contributed by atoms with Gasteiger partial charge in [-0.2, -0.15) is 0 Å². The van der Waals surface area contributed by atoms with Crippen molar-refractivity contribution in [3.63, 3.8) is 0 Å². The number of aromatic nitrogens is 1. The normalized spacial score (nSPS) is 11.5. The first-order valence-corrected chi connectivity index (χ1v) is 8.11. The molecule has 3 nitrogen and oxygen atoms in total. The van der Waals surface area contributed by atoms with E-state index < -0.39 is 0 Å². The van der Waals surface area contributed by atoms with Gasteiger partial charge < -0.3 is 5.11 Å². The lowest BCUT2D eigenvalue weighted by Gasteiger charge is -2.02. The molecule has 0 bridgehead atoms. The van der Waals surface area contributed by atoms with Crippen LogP contribution in [0, 0.1) is 0 Å². The number of hydrogen-bond acceptors (Lipinski definition) is 4. The zero-order chi connectivity index (χ0) is 14.1. The minimum atomic E-state index is 0.165. The van der Waals surface area contributed by atoms with E-state index in [1.165, 1.54) is 11.3 Å². The van der Waals surface area contributed by atoms with Gasteiger partial charge in [-0.15, -0.1) is 0 Å². The molecule has 0 aliphatic rings. The van der Waals surface area contributed by atoms with E-state index in [0.717, 1.165) is 14.7 Å². The van der Waals surface area contributed by atoms with Crippen molar-refractivity contribution in [1.82, 2.24) is 4.98 Å². The van der Waals surface area contributed by atoms with Gasteiger partial charge in [0, 0.05) is 16.3 Å². The summed E-state index contributed by atoms with van der Waals surface area (Å²) < 4.78 is 2.59. The molecule has 3 rings (SSSR count). The number of aliphatic imine (C=N–C) groups is 1. The number of phenols is 1. The van der Waals surface area contributed by atoms with Crippen molar-refractivity contribution in [3.05, 3.63) is 50.9 Å². The predicted octanol–water partition coefficient (Wildman–Crippen LogP) is 5.28. The third-order valence-electron chi connectivity index (χ3n) is 2.65. The number of rotatable bonds is 2. The van der Waals surface area contributed by atoms with Crippen molar-refractivity contribution in [2.45, 2.75) is 0 Å². The van der Waals surface area contributed by atoms with Crippen molar-refractivity contribution in [2.75, 3.05) is 0 Å². The molecule has 0 radical (unpaired) electrons. The maximum absolute atomic E-state index is 9.96. The number of nitrogens with zero attached hydrogens (tertiary/aromatic N) is 2. The quantitative estimate of drug-likeness (QED) is 0.583. The Morgan fingerprint density at radius 1 is 1.20 bits per heavy atom. The summed E-state index contributed by atoms with van der Waals surface area (Å²) in [6.07, 6.45) is 1.61. The minimum Gasteiger partial charge on any atom is -0.506 e. The summed E-state index contributed by atoms with van der Waals surface area (Å²) in [5.74, 6) is 0.165. The Bertz CT molecular complexity index is 781. The fraction of sp³-hybridized carbons (Fsp3) is 0. The lowest BCUT2D eigenvalue weighted by molar-refractivity contribution is 0.471. The highest BCUT2D eigenvalue weighted by Gasteiger charge is 2.06. The van der Waals surface area contributed by atoms with Crippen LogP contribution in [0.4, 0.5) is 5.13 Å². The lowest BCUT2D eigenvalue weighted by atomic mass is 10.2. The number of para-hydroxylation sites is 1. The maximum atomic E-state index is 9.96. The molecule has 6 heteroatoms. The topological polar surface area (TPSA) is 45.5 Å². The van der Waals surface area contributed by atoms with Gasteiger partial charge >= 0.3 is 0 Å².